The molecule has 0 spiro atoms. The van der Waals surface area contributed by atoms with Crippen LogP contribution in [0.5, 0.6) is 0 Å². The van der Waals surface area contributed by atoms with Crippen molar-refractivity contribution in [1.82, 2.24) is 9.62 Å². The van der Waals surface area contributed by atoms with Gasteiger partial charge in [0.1, 0.15) is 0 Å². The van der Waals surface area contributed by atoms with E-state index in [1.807, 2.05) is 18.4 Å². The number of piperazine rings is 1. The van der Waals surface area contributed by atoms with E-state index in [1.54, 1.807) is 12.1 Å². The van der Waals surface area contributed by atoms with Crippen molar-refractivity contribution in [3.63, 3.8) is 0 Å². The monoisotopic (exact) mass is 449 g/mol. The summed E-state index contributed by atoms with van der Waals surface area (Å²) < 4.78 is 26.9. The van der Waals surface area contributed by atoms with Gasteiger partial charge in [0.05, 0.1) is 11.0 Å². The number of rotatable bonds is 9. The molecule has 1 unspecified atom stereocenters. The van der Waals surface area contributed by atoms with E-state index < -0.39 is 16.1 Å². The lowest BCUT2D eigenvalue weighted by atomic mass is 10.0. The van der Waals surface area contributed by atoms with Gasteiger partial charge in [0, 0.05) is 36.8 Å². The molecule has 0 aliphatic carbocycles. The zero-order valence-corrected chi connectivity index (χ0v) is 19.3. The summed E-state index contributed by atoms with van der Waals surface area (Å²) in [7, 11) is -2.15. The van der Waals surface area contributed by atoms with Gasteiger partial charge in [-0.1, -0.05) is 24.3 Å². The molecule has 1 saturated heterocycles. The lowest BCUT2D eigenvalue weighted by molar-refractivity contribution is 0.153. The number of para-hydroxylation sites is 1. The average molecular weight is 450 g/mol. The first kappa shape index (κ1) is 23.1. The lowest BCUT2D eigenvalue weighted by Crippen LogP contribution is -2.46. The van der Waals surface area contributed by atoms with Crippen LogP contribution in [0.15, 0.2) is 58.3 Å². The van der Waals surface area contributed by atoms with Gasteiger partial charge in [-0.15, -0.1) is 11.8 Å². The maximum Gasteiger partial charge on any atom is 0.241 e. The van der Waals surface area contributed by atoms with Crippen molar-refractivity contribution >= 4 is 27.5 Å². The minimum atomic E-state index is -3.56. The topological polar surface area (TPSA) is 72.9 Å². The van der Waals surface area contributed by atoms with Gasteiger partial charge in [0.15, 0.2) is 0 Å². The zero-order valence-electron chi connectivity index (χ0n) is 17.6. The van der Waals surface area contributed by atoms with E-state index in [0.29, 0.717) is 16.9 Å². The second-order valence-corrected chi connectivity index (χ2v) is 10.1. The summed E-state index contributed by atoms with van der Waals surface area (Å²) in [6, 6.07) is 15.7. The van der Waals surface area contributed by atoms with Crippen molar-refractivity contribution in [2.75, 3.05) is 50.9 Å². The van der Waals surface area contributed by atoms with E-state index >= 15 is 0 Å². The number of sulfonamides is 1. The minimum absolute atomic E-state index is 0.228. The number of hydrogen-bond acceptors (Lipinski definition) is 6. The molecule has 30 heavy (non-hydrogen) atoms. The Kier molecular flexibility index (Phi) is 8.19. The van der Waals surface area contributed by atoms with Crippen LogP contribution in [0, 0.1) is 0 Å². The van der Waals surface area contributed by atoms with Crippen LogP contribution in [0.25, 0.3) is 0 Å². The number of aliphatic hydroxyl groups excluding tert-OH is 1. The fourth-order valence-corrected chi connectivity index (χ4v) is 5.65. The Morgan fingerprint density at radius 2 is 1.80 bits per heavy atom. The number of anilines is 1. The molecule has 8 heteroatoms. The summed E-state index contributed by atoms with van der Waals surface area (Å²) in [5.41, 5.74) is 1.92. The SMILES string of the molecule is CNS(=O)(=O)c1cc(C(O)CCCN2CCN(c3ccccc3)CC2)ccc1SC. The van der Waals surface area contributed by atoms with Gasteiger partial charge >= 0.3 is 0 Å². The molecule has 0 amide bonds. The van der Waals surface area contributed by atoms with Crippen LogP contribution in [-0.2, 0) is 10.0 Å². The molecular weight excluding hydrogens is 418 g/mol. The predicted octanol–water partition coefficient (Wildman–Crippen LogP) is 2.95. The molecule has 2 aromatic carbocycles. The van der Waals surface area contributed by atoms with Crippen LogP contribution in [0.2, 0.25) is 0 Å². The first-order valence-electron chi connectivity index (χ1n) is 10.3. The number of nitrogens with zero attached hydrogens (tertiary/aromatic N) is 2. The quantitative estimate of drug-likeness (QED) is 0.574. The average Bonchev–Trinajstić information content (AvgIpc) is 2.79. The van der Waals surface area contributed by atoms with Gasteiger partial charge in [-0.2, -0.15) is 0 Å². The third-order valence-corrected chi connectivity index (χ3v) is 7.96. The van der Waals surface area contributed by atoms with Crippen LogP contribution in [-0.4, -0.2) is 64.5 Å². The zero-order chi connectivity index (χ0) is 21.6. The summed E-state index contributed by atoms with van der Waals surface area (Å²) in [6.45, 7) is 4.97. The van der Waals surface area contributed by atoms with Crippen molar-refractivity contribution in [3.8, 4) is 0 Å². The maximum atomic E-state index is 12.3. The summed E-state index contributed by atoms with van der Waals surface area (Å²) >= 11 is 1.38. The van der Waals surface area contributed by atoms with Crippen LogP contribution in [0.3, 0.4) is 0 Å². The molecule has 1 heterocycles. The standard InChI is InChI=1S/C22H31N3O3S2/c1-23-30(27,28)22-17-18(10-11-21(22)29-2)20(26)9-6-12-24-13-15-25(16-14-24)19-7-4-3-5-8-19/h3-5,7-8,10-11,17,20,23,26H,6,9,12-16H2,1-2H3. The van der Waals surface area contributed by atoms with Crippen LogP contribution in [0.1, 0.15) is 24.5 Å². The lowest BCUT2D eigenvalue weighted by Gasteiger charge is -2.36. The Balaban J connectivity index is 1.51. The Labute approximate surface area is 184 Å². The molecule has 164 valence electrons. The highest BCUT2D eigenvalue weighted by molar-refractivity contribution is 7.99. The van der Waals surface area contributed by atoms with Gasteiger partial charge in [-0.25, -0.2) is 13.1 Å². The van der Waals surface area contributed by atoms with Crippen LogP contribution in [0.4, 0.5) is 5.69 Å². The maximum absolute atomic E-state index is 12.3. The van der Waals surface area contributed by atoms with E-state index in [4.69, 9.17) is 0 Å². The molecule has 6 nitrogen and oxygen atoms in total. The van der Waals surface area contributed by atoms with Crippen LogP contribution >= 0.6 is 11.8 Å². The number of hydrogen-bond donors (Lipinski definition) is 2. The largest absolute Gasteiger partial charge is 0.388 e. The Morgan fingerprint density at radius 1 is 1.10 bits per heavy atom. The van der Waals surface area contributed by atoms with Gasteiger partial charge in [0.2, 0.25) is 10.0 Å². The van der Waals surface area contributed by atoms with E-state index in [1.165, 1.54) is 24.5 Å². The van der Waals surface area contributed by atoms with Crippen molar-refractivity contribution in [3.05, 3.63) is 54.1 Å². The fourth-order valence-electron chi connectivity index (χ4n) is 3.76. The molecular formula is C22H31N3O3S2. The highest BCUT2D eigenvalue weighted by Gasteiger charge is 2.20. The number of nitrogens with one attached hydrogen (secondary N) is 1. The van der Waals surface area contributed by atoms with Crippen molar-refractivity contribution < 1.29 is 13.5 Å². The third kappa shape index (κ3) is 5.76. The second-order valence-electron chi connectivity index (χ2n) is 7.44. The van der Waals surface area contributed by atoms with Crippen molar-refractivity contribution in [2.24, 2.45) is 0 Å². The normalized spacial score (nSPS) is 16.6. The summed E-state index contributed by atoms with van der Waals surface area (Å²) in [4.78, 5) is 5.74. The molecule has 1 aliphatic heterocycles. The molecule has 1 aliphatic rings. The molecule has 0 radical (unpaired) electrons. The van der Waals surface area contributed by atoms with Gasteiger partial charge in [0.25, 0.3) is 0 Å². The van der Waals surface area contributed by atoms with Crippen LogP contribution < -0.4 is 9.62 Å². The summed E-state index contributed by atoms with van der Waals surface area (Å²) in [6.07, 6.45) is 2.65. The Hall–Kier alpha value is -1.58. The van der Waals surface area contributed by atoms with E-state index in [-0.39, 0.29) is 4.90 Å². The first-order chi connectivity index (χ1) is 14.4. The van der Waals surface area contributed by atoms with Gasteiger partial charge in [-0.3, -0.25) is 4.90 Å². The smallest absolute Gasteiger partial charge is 0.241 e. The number of aliphatic hydroxyl groups is 1. The molecule has 0 bridgehead atoms. The predicted molar refractivity (Wildman–Crippen MR) is 124 cm³/mol. The molecule has 0 aromatic heterocycles. The van der Waals surface area contributed by atoms with Crippen molar-refractivity contribution in [1.29, 1.82) is 0 Å². The number of thioether (sulfide) groups is 1. The Morgan fingerprint density at radius 3 is 2.43 bits per heavy atom. The summed E-state index contributed by atoms with van der Waals surface area (Å²) in [5.74, 6) is 0. The summed E-state index contributed by atoms with van der Waals surface area (Å²) in [5, 5.41) is 10.6. The first-order valence-corrected chi connectivity index (χ1v) is 13.0. The number of benzene rings is 2. The van der Waals surface area contributed by atoms with Gasteiger partial charge < -0.3 is 10.0 Å². The van der Waals surface area contributed by atoms with Gasteiger partial charge in [-0.05, 0) is 62.5 Å². The molecule has 2 N–H and O–H groups in total. The van der Waals surface area contributed by atoms with Crippen molar-refractivity contribution in [2.45, 2.75) is 28.7 Å². The Bertz CT molecular complexity index is 914. The highest BCUT2D eigenvalue weighted by atomic mass is 32.2. The molecule has 2 aromatic rings. The highest BCUT2D eigenvalue weighted by Crippen LogP contribution is 2.29. The van der Waals surface area contributed by atoms with E-state index in [0.717, 1.165) is 39.1 Å². The second kappa shape index (κ2) is 10.6. The third-order valence-electron chi connectivity index (χ3n) is 5.58. The van der Waals surface area contributed by atoms with E-state index in [2.05, 4.69) is 38.8 Å². The molecule has 3 rings (SSSR count). The minimum Gasteiger partial charge on any atom is -0.388 e. The molecule has 1 atom stereocenters. The fraction of sp³-hybridized carbons (Fsp3) is 0.455. The molecule has 0 saturated carbocycles. The molecule has 1 fully saturated rings. The van der Waals surface area contributed by atoms with E-state index in [9.17, 15) is 13.5 Å².